The number of anilines is 1. The van der Waals surface area contributed by atoms with Crippen LogP contribution in [0.1, 0.15) is 46.6 Å². The second kappa shape index (κ2) is 9.75. The van der Waals surface area contributed by atoms with Gasteiger partial charge in [-0.1, -0.05) is 36.0 Å². The van der Waals surface area contributed by atoms with Gasteiger partial charge >= 0.3 is 0 Å². The van der Waals surface area contributed by atoms with Gasteiger partial charge in [0.25, 0.3) is 5.91 Å². The lowest BCUT2D eigenvalue weighted by Gasteiger charge is -2.30. The van der Waals surface area contributed by atoms with E-state index >= 15 is 0 Å². The van der Waals surface area contributed by atoms with Gasteiger partial charge in [-0.15, -0.1) is 10.2 Å². The molecule has 0 spiro atoms. The van der Waals surface area contributed by atoms with E-state index in [2.05, 4.69) is 32.7 Å². The number of carbonyl (C=O) groups is 2. The fourth-order valence-electron chi connectivity index (χ4n) is 3.17. The Morgan fingerprint density at radius 2 is 1.89 bits per heavy atom. The van der Waals surface area contributed by atoms with Crippen LogP contribution in [-0.2, 0) is 11.3 Å². The van der Waals surface area contributed by atoms with Crippen molar-refractivity contribution in [1.29, 1.82) is 0 Å². The number of aryl methyl sites for hydroxylation is 1. The maximum Gasteiger partial charge on any atom is 0.286 e. The summed E-state index contributed by atoms with van der Waals surface area (Å²) in [6.07, 6.45) is 2.67. The van der Waals surface area contributed by atoms with Crippen LogP contribution in [0, 0.1) is 12.8 Å². The topological polar surface area (TPSA) is 87.2 Å². The van der Waals surface area contributed by atoms with Gasteiger partial charge in [0.1, 0.15) is 5.01 Å². The zero-order valence-electron chi connectivity index (χ0n) is 16.4. The summed E-state index contributed by atoms with van der Waals surface area (Å²) >= 11 is 1.32. The lowest BCUT2D eigenvalue weighted by molar-refractivity contribution is -0.126. The Kier molecular flexibility index (Phi) is 7.11. The van der Waals surface area contributed by atoms with Crippen molar-refractivity contribution in [3.05, 3.63) is 39.8 Å². The Balaban J connectivity index is 1.48. The average molecular weight is 402 g/mol. The van der Waals surface area contributed by atoms with Crippen molar-refractivity contribution in [2.45, 2.75) is 39.7 Å². The number of carbonyl (C=O) groups excluding carboxylic acids is 2. The zero-order valence-corrected chi connectivity index (χ0v) is 17.2. The summed E-state index contributed by atoms with van der Waals surface area (Å²) < 4.78 is 0. The molecule has 1 aromatic heterocycles. The first kappa shape index (κ1) is 20.4. The first-order chi connectivity index (χ1) is 13.5. The van der Waals surface area contributed by atoms with Crippen LogP contribution in [0.2, 0.25) is 0 Å². The van der Waals surface area contributed by atoms with Crippen LogP contribution < -0.4 is 10.6 Å². The van der Waals surface area contributed by atoms with E-state index in [4.69, 9.17) is 0 Å². The van der Waals surface area contributed by atoms with Gasteiger partial charge in [0.2, 0.25) is 10.9 Å². The SMILES string of the molecule is CCCNC(=O)C1CCN(Cc2nnc(C(=O)Nc3ccc(C)cc3)s2)CC1. The molecule has 0 atom stereocenters. The van der Waals surface area contributed by atoms with Crippen LogP contribution in [0.3, 0.4) is 0 Å². The van der Waals surface area contributed by atoms with Crippen LogP contribution in [0.5, 0.6) is 0 Å². The molecule has 0 bridgehead atoms. The van der Waals surface area contributed by atoms with Crippen molar-refractivity contribution in [2.75, 3.05) is 25.0 Å². The van der Waals surface area contributed by atoms with E-state index in [1.54, 1.807) is 0 Å². The highest BCUT2D eigenvalue weighted by Crippen LogP contribution is 2.21. The van der Waals surface area contributed by atoms with Gasteiger partial charge in [-0.05, 0) is 51.4 Å². The van der Waals surface area contributed by atoms with E-state index in [0.29, 0.717) is 11.6 Å². The first-order valence-corrected chi connectivity index (χ1v) is 10.6. The molecule has 2 heterocycles. The lowest BCUT2D eigenvalue weighted by atomic mass is 9.96. The fraction of sp³-hybridized carbons (Fsp3) is 0.500. The van der Waals surface area contributed by atoms with Crippen molar-refractivity contribution < 1.29 is 9.59 Å². The molecule has 0 unspecified atom stereocenters. The predicted molar refractivity (Wildman–Crippen MR) is 110 cm³/mol. The summed E-state index contributed by atoms with van der Waals surface area (Å²) in [5.41, 5.74) is 1.89. The summed E-state index contributed by atoms with van der Waals surface area (Å²) in [4.78, 5) is 26.7. The molecule has 150 valence electrons. The molecule has 1 aromatic carbocycles. The number of hydrogen-bond donors (Lipinski definition) is 2. The molecule has 28 heavy (non-hydrogen) atoms. The number of rotatable bonds is 7. The van der Waals surface area contributed by atoms with Gasteiger partial charge in [0, 0.05) is 18.2 Å². The molecule has 1 saturated heterocycles. The zero-order chi connectivity index (χ0) is 19.9. The highest BCUT2D eigenvalue weighted by atomic mass is 32.1. The Morgan fingerprint density at radius 3 is 2.57 bits per heavy atom. The molecule has 2 amide bonds. The lowest BCUT2D eigenvalue weighted by Crippen LogP contribution is -2.40. The molecule has 0 saturated carbocycles. The standard InChI is InChI=1S/C20H27N5O2S/c1-3-10-21-18(26)15-8-11-25(12-9-15)13-17-23-24-20(28-17)19(27)22-16-6-4-14(2)5-7-16/h4-7,15H,3,8-13H2,1-2H3,(H,21,26)(H,22,27). The summed E-state index contributed by atoms with van der Waals surface area (Å²) in [6.45, 7) is 7.18. The van der Waals surface area contributed by atoms with Crippen LogP contribution in [-0.4, -0.2) is 46.5 Å². The number of piperidine rings is 1. The van der Waals surface area contributed by atoms with E-state index in [1.807, 2.05) is 31.2 Å². The molecular weight excluding hydrogens is 374 g/mol. The molecule has 1 fully saturated rings. The molecule has 8 heteroatoms. The molecule has 3 rings (SSSR count). The van der Waals surface area contributed by atoms with E-state index in [-0.39, 0.29) is 17.7 Å². The monoisotopic (exact) mass is 401 g/mol. The predicted octanol–water partition coefficient (Wildman–Crippen LogP) is 2.84. The summed E-state index contributed by atoms with van der Waals surface area (Å²) in [5.74, 6) is 0.0412. The minimum atomic E-state index is -0.237. The van der Waals surface area contributed by atoms with E-state index < -0.39 is 0 Å². The third-order valence-electron chi connectivity index (χ3n) is 4.84. The number of nitrogens with one attached hydrogen (secondary N) is 2. The van der Waals surface area contributed by atoms with Gasteiger partial charge in [0.05, 0.1) is 6.54 Å². The second-order valence-electron chi connectivity index (χ2n) is 7.16. The molecule has 7 nitrogen and oxygen atoms in total. The Bertz CT molecular complexity index is 797. The minimum absolute atomic E-state index is 0.105. The maximum atomic E-state index is 12.3. The van der Waals surface area contributed by atoms with Crippen molar-refractivity contribution in [3.8, 4) is 0 Å². The fourth-order valence-corrected chi connectivity index (χ4v) is 3.95. The number of hydrogen-bond acceptors (Lipinski definition) is 6. The van der Waals surface area contributed by atoms with Crippen LogP contribution >= 0.6 is 11.3 Å². The minimum Gasteiger partial charge on any atom is -0.356 e. The van der Waals surface area contributed by atoms with Gasteiger partial charge in [-0.25, -0.2) is 0 Å². The van der Waals surface area contributed by atoms with Gasteiger partial charge in [0.15, 0.2) is 0 Å². The molecular formula is C20H27N5O2S. The highest BCUT2D eigenvalue weighted by molar-refractivity contribution is 7.13. The van der Waals surface area contributed by atoms with Crippen molar-refractivity contribution in [2.24, 2.45) is 5.92 Å². The quantitative estimate of drug-likeness (QED) is 0.745. The van der Waals surface area contributed by atoms with E-state index in [1.165, 1.54) is 11.3 Å². The third-order valence-corrected chi connectivity index (χ3v) is 5.74. The Morgan fingerprint density at radius 1 is 1.18 bits per heavy atom. The number of nitrogens with zero attached hydrogens (tertiary/aromatic N) is 3. The van der Waals surface area contributed by atoms with Gasteiger partial charge in [-0.3, -0.25) is 14.5 Å². The number of benzene rings is 1. The summed E-state index contributed by atoms with van der Waals surface area (Å²) in [7, 11) is 0. The van der Waals surface area contributed by atoms with Crippen LogP contribution in [0.25, 0.3) is 0 Å². The normalized spacial score (nSPS) is 15.4. The Hall–Kier alpha value is -2.32. The maximum absolute atomic E-state index is 12.3. The van der Waals surface area contributed by atoms with Crippen LogP contribution in [0.15, 0.2) is 24.3 Å². The summed E-state index contributed by atoms with van der Waals surface area (Å²) in [6, 6.07) is 7.65. The van der Waals surface area contributed by atoms with Crippen molar-refractivity contribution in [1.82, 2.24) is 20.4 Å². The summed E-state index contributed by atoms with van der Waals surface area (Å²) in [5, 5.41) is 15.2. The molecule has 2 N–H and O–H groups in total. The first-order valence-electron chi connectivity index (χ1n) is 9.75. The molecule has 1 aliphatic heterocycles. The smallest absolute Gasteiger partial charge is 0.286 e. The third kappa shape index (κ3) is 5.59. The number of amides is 2. The number of likely N-dealkylation sites (tertiary alicyclic amines) is 1. The average Bonchev–Trinajstić information content (AvgIpc) is 3.17. The van der Waals surface area contributed by atoms with Gasteiger partial charge < -0.3 is 10.6 Å². The van der Waals surface area contributed by atoms with Crippen LogP contribution in [0.4, 0.5) is 5.69 Å². The highest BCUT2D eigenvalue weighted by Gasteiger charge is 2.25. The van der Waals surface area contributed by atoms with Crippen molar-refractivity contribution in [3.63, 3.8) is 0 Å². The second-order valence-corrected chi connectivity index (χ2v) is 8.22. The van der Waals surface area contributed by atoms with E-state index in [0.717, 1.165) is 55.2 Å². The number of aromatic nitrogens is 2. The van der Waals surface area contributed by atoms with Crippen molar-refractivity contribution >= 4 is 28.8 Å². The van der Waals surface area contributed by atoms with Gasteiger partial charge in [-0.2, -0.15) is 0 Å². The Labute approximate surface area is 169 Å². The molecule has 0 aliphatic carbocycles. The van der Waals surface area contributed by atoms with E-state index in [9.17, 15) is 9.59 Å². The largest absolute Gasteiger partial charge is 0.356 e. The molecule has 0 radical (unpaired) electrons. The molecule has 1 aliphatic rings. The molecule has 2 aromatic rings.